The quantitative estimate of drug-likeness (QED) is 0.845. The number of methoxy groups -OCH3 is 1. The van der Waals surface area contributed by atoms with Crippen LogP contribution in [-0.2, 0) is 14.9 Å². The lowest BCUT2D eigenvalue weighted by Crippen LogP contribution is -2.46. The first-order valence-corrected chi connectivity index (χ1v) is 6.14. The van der Waals surface area contributed by atoms with E-state index in [-0.39, 0.29) is 5.41 Å². The zero-order valence-electron chi connectivity index (χ0n) is 11.4. The number of carboxylic acids is 1. The maximum atomic E-state index is 10.8. The largest absolute Gasteiger partial charge is 0.496 e. The van der Waals surface area contributed by atoms with Crippen molar-refractivity contribution in [1.29, 1.82) is 0 Å². The molecule has 4 nitrogen and oxygen atoms in total. The van der Waals surface area contributed by atoms with E-state index in [1.165, 1.54) is 6.08 Å². The molecule has 1 N–H and O–H groups in total. The number of rotatable bonds is 4. The van der Waals surface area contributed by atoms with Crippen molar-refractivity contribution in [2.75, 3.05) is 20.3 Å². The number of carboxylic acid groups (broad SMARTS) is 1. The lowest BCUT2D eigenvalue weighted by molar-refractivity contribution is -0.131. The van der Waals surface area contributed by atoms with Gasteiger partial charge in [0.05, 0.1) is 25.7 Å². The molecule has 102 valence electrons. The van der Waals surface area contributed by atoms with Crippen LogP contribution in [0.15, 0.2) is 24.3 Å². The molecule has 0 atom stereocenters. The van der Waals surface area contributed by atoms with Gasteiger partial charge in [-0.3, -0.25) is 0 Å². The first-order valence-electron chi connectivity index (χ1n) is 6.14. The standard InChI is InChI=1S/C15H18O4/c1-10-6-11(2)14(12(7-10)18-3)15(8-19-9-15)5-4-13(16)17/h4-7H,8-9H2,1-3H3,(H,16,17)/b5-4+. The summed E-state index contributed by atoms with van der Waals surface area (Å²) < 4.78 is 10.8. The molecular weight excluding hydrogens is 244 g/mol. The van der Waals surface area contributed by atoms with E-state index in [0.29, 0.717) is 13.2 Å². The predicted molar refractivity (Wildman–Crippen MR) is 71.7 cm³/mol. The van der Waals surface area contributed by atoms with Gasteiger partial charge in [-0.25, -0.2) is 4.79 Å². The fourth-order valence-electron chi connectivity index (χ4n) is 2.60. The molecule has 1 heterocycles. The van der Waals surface area contributed by atoms with E-state index in [1.54, 1.807) is 13.2 Å². The zero-order chi connectivity index (χ0) is 14.0. The molecule has 1 aliphatic heterocycles. The van der Waals surface area contributed by atoms with E-state index in [2.05, 4.69) is 6.07 Å². The molecule has 1 aromatic carbocycles. The lowest BCUT2D eigenvalue weighted by atomic mass is 9.75. The van der Waals surface area contributed by atoms with Crippen molar-refractivity contribution in [3.63, 3.8) is 0 Å². The molecular formula is C15H18O4. The second kappa shape index (κ2) is 5.05. The van der Waals surface area contributed by atoms with Crippen LogP contribution in [-0.4, -0.2) is 31.4 Å². The van der Waals surface area contributed by atoms with E-state index >= 15 is 0 Å². The zero-order valence-corrected chi connectivity index (χ0v) is 11.4. The minimum atomic E-state index is -0.949. The highest BCUT2D eigenvalue weighted by atomic mass is 16.5. The third kappa shape index (κ3) is 2.49. The lowest BCUT2D eigenvalue weighted by Gasteiger charge is -2.41. The molecule has 19 heavy (non-hydrogen) atoms. The molecule has 0 radical (unpaired) electrons. The summed E-state index contributed by atoms with van der Waals surface area (Å²) in [6.45, 7) is 4.99. The number of benzene rings is 1. The molecule has 0 bridgehead atoms. The van der Waals surface area contributed by atoms with Gasteiger partial charge in [0.25, 0.3) is 0 Å². The van der Waals surface area contributed by atoms with Crippen LogP contribution in [0.1, 0.15) is 16.7 Å². The highest BCUT2D eigenvalue weighted by Gasteiger charge is 2.41. The van der Waals surface area contributed by atoms with Crippen LogP contribution < -0.4 is 4.74 Å². The summed E-state index contributed by atoms with van der Waals surface area (Å²) in [7, 11) is 1.63. The number of hydrogen-bond donors (Lipinski definition) is 1. The summed E-state index contributed by atoms with van der Waals surface area (Å²) >= 11 is 0. The van der Waals surface area contributed by atoms with Crippen LogP contribution in [0.4, 0.5) is 0 Å². The molecule has 0 aliphatic carbocycles. The van der Waals surface area contributed by atoms with E-state index in [1.807, 2.05) is 19.9 Å². The Labute approximate surface area is 112 Å². The first-order chi connectivity index (χ1) is 8.98. The van der Waals surface area contributed by atoms with Crippen LogP contribution in [0.25, 0.3) is 0 Å². The van der Waals surface area contributed by atoms with Gasteiger partial charge in [-0.1, -0.05) is 12.1 Å². The average Bonchev–Trinajstić information content (AvgIpc) is 2.28. The van der Waals surface area contributed by atoms with Gasteiger partial charge in [-0.2, -0.15) is 0 Å². The SMILES string of the molecule is COc1cc(C)cc(C)c1C1(/C=C/C(=O)O)COC1. The third-order valence-electron chi connectivity index (χ3n) is 3.43. The van der Waals surface area contributed by atoms with E-state index < -0.39 is 5.97 Å². The fraction of sp³-hybridized carbons (Fsp3) is 0.400. The van der Waals surface area contributed by atoms with Gasteiger partial charge in [0.15, 0.2) is 0 Å². The Morgan fingerprint density at radius 2 is 2.11 bits per heavy atom. The summed E-state index contributed by atoms with van der Waals surface area (Å²) in [6, 6.07) is 4.05. The highest BCUT2D eigenvalue weighted by molar-refractivity contribution is 5.80. The minimum absolute atomic E-state index is 0.387. The number of aryl methyl sites for hydroxylation is 2. The summed E-state index contributed by atoms with van der Waals surface area (Å²) in [5.74, 6) is -0.161. The van der Waals surface area contributed by atoms with Crippen LogP contribution >= 0.6 is 0 Å². The maximum Gasteiger partial charge on any atom is 0.328 e. The summed E-state index contributed by atoms with van der Waals surface area (Å²) in [6.07, 6.45) is 2.89. The van der Waals surface area contributed by atoms with Crippen LogP contribution in [0.2, 0.25) is 0 Å². The van der Waals surface area contributed by atoms with Gasteiger partial charge >= 0.3 is 5.97 Å². The third-order valence-corrected chi connectivity index (χ3v) is 3.43. The topological polar surface area (TPSA) is 55.8 Å². The molecule has 0 saturated carbocycles. The fourth-order valence-corrected chi connectivity index (χ4v) is 2.60. The minimum Gasteiger partial charge on any atom is -0.496 e. The molecule has 2 rings (SSSR count). The summed E-state index contributed by atoms with van der Waals surface area (Å²) in [5.41, 5.74) is 2.84. The van der Waals surface area contributed by atoms with Crippen molar-refractivity contribution in [3.8, 4) is 5.75 Å². The normalized spacial score (nSPS) is 17.2. The summed E-state index contributed by atoms with van der Waals surface area (Å²) in [4.78, 5) is 10.8. The van der Waals surface area contributed by atoms with Crippen LogP contribution in [0.3, 0.4) is 0 Å². The monoisotopic (exact) mass is 262 g/mol. The maximum absolute atomic E-state index is 10.8. The molecule has 1 aliphatic rings. The van der Waals surface area contributed by atoms with E-state index in [0.717, 1.165) is 22.4 Å². The Bertz CT molecular complexity index is 527. The second-order valence-corrected chi connectivity index (χ2v) is 4.98. The van der Waals surface area contributed by atoms with Crippen LogP contribution in [0, 0.1) is 13.8 Å². The Kier molecular flexibility index (Phi) is 3.62. The number of carbonyl (C=O) groups is 1. The highest BCUT2D eigenvalue weighted by Crippen LogP contribution is 2.41. The molecule has 0 unspecified atom stereocenters. The molecule has 4 heteroatoms. The Morgan fingerprint density at radius 1 is 1.42 bits per heavy atom. The number of hydrogen-bond acceptors (Lipinski definition) is 3. The van der Waals surface area contributed by atoms with Crippen molar-refractivity contribution in [3.05, 3.63) is 41.0 Å². The molecule has 0 aromatic heterocycles. The van der Waals surface area contributed by atoms with Crippen molar-refractivity contribution in [2.45, 2.75) is 19.3 Å². The van der Waals surface area contributed by atoms with Gasteiger partial charge < -0.3 is 14.6 Å². The van der Waals surface area contributed by atoms with E-state index in [4.69, 9.17) is 14.6 Å². The smallest absolute Gasteiger partial charge is 0.328 e. The second-order valence-electron chi connectivity index (χ2n) is 4.98. The van der Waals surface area contributed by atoms with Gasteiger partial charge in [-0.05, 0) is 31.0 Å². The molecule has 0 spiro atoms. The average molecular weight is 262 g/mol. The van der Waals surface area contributed by atoms with Crippen molar-refractivity contribution < 1.29 is 19.4 Å². The van der Waals surface area contributed by atoms with E-state index in [9.17, 15) is 4.79 Å². The Morgan fingerprint density at radius 3 is 2.58 bits per heavy atom. The Hall–Kier alpha value is -1.81. The Balaban J connectivity index is 2.52. The van der Waals surface area contributed by atoms with Gasteiger partial charge in [0.1, 0.15) is 5.75 Å². The van der Waals surface area contributed by atoms with Crippen molar-refractivity contribution >= 4 is 5.97 Å². The van der Waals surface area contributed by atoms with Gasteiger partial charge in [0.2, 0.25) is 0 Å². The molecule has 1 fully saturated rings. The molecule has 0 amide bonds. The van der Waals surface area contributed by atoms with Gasteiger partial charge in [0, 0.05) is 11.6 Å². The molecule has 1 saturated heterocycles. The number of ether oxygens (including phenoxy) is 2. The first kappa shape index (κ1) is 13.6. The molecule has 1 aromatic rings. The van der Waals surface area contributed by atoms with Crippen LogP contribution in [0.5, 0.6) is 5.75 Å². The number of aliphatic carboxylic acids is 1. The predicted octanol–water partition coefficient (Wildman–Crippen LogP) is 2.22. The van der Waals surface area contributed by atoms with Gasteiger partial charge in [-0.15, -0.1) is 0 Å². The summed E-state index contributed by atoms with van der Waals surface area (Å²) in [5, 5.41) is 8.82. The van der Waals surface area contributed by atoms with Crippen molar-refractivity contribution in [1.82, 2.24) is 0 Å². The van der Waals surface area contributed by atoms with Crippen molar-refractivity contribution in [2.24, 2.45) is 0 Å².